The number of hydrogen-bond acceptors (Lipinski definition) is 2. The van der Waals surface area contributed by atoms with Gasteiger partial charge in [0, 0.05) is 11.6 Å². The van der Waals surface area contributed by atoms with Gasteiger partial charge in [0.25, 0.3) is 0 Å². The van der Waals surface area contributed by atoms with Gasteiger partial charge in [-0.25, -0.2) is 0 Å². The molecule has 0 aromatic carbocycles. The summed E-state index contributed by atoms with van der Waals surface area (Å²) >= 11 is 0. The highest BCUT2D eigenvalue weighted by Crippen LogP contribution is 2.17. The van der Waals surface area contributed by atoms with Crippen molar-refractivity contribution in [3.8, 4) is 0 Å². The van der Waals surface area contributed by atoms with E-state index in [1.807, 2.05) is 12.1 Å². The van der Waals surface area contributed by atoms with Crippen molar-refractivity contribution < 1.29 is 0 Å². The SMILES string of the molecule is CC(C)(C)c1cccnn1. The van der Waals surface area contributed by atoms with Crippen LogP contribution in [-0.2, 0) is 5.41 Å². The van der Waals surface area contributed by atoms with Crippen LogP contribution in [0, 0.1) is 0 Å². The molecular weight excluding hydrogens is 124 g/mol. The first-order valence-electron chi connectivity index (χ1n) is 3.39. The van der Waals surface area contributed by atoms with Crippen molar-refractivity contribution in [1.29, 1.82) is 0 Å². The lowest BCUT2D eigenvalue weighted by Gasteiger charge is -2.15. The maximum atomic E-state index is 4.00. The van der Waals surface area contributed by atoms with Crippen LogP contribution in [-0.4, -0.2) is 10.2 Å². The summed E-state index contributed by atoms with van der Waals surface area (Å²) in [6.45, 7) is 6.37. The van der Waals surface area contributed by atoms with E-state index in [0.29, 0.717) is 0 Å². The lowest BCUT2D eigenvalue weighted by atomic mass is 9.92. The minimum Gasteiger partial charge on any atom is -0.159 e. The van der Waals surface area contributed by atoms with Crippen LogP contribution >= 0.6 is 0 Å². The Hall–Kier alpha value is -0.920. The molecule has 0 spiro atoms. The predicted molar refractivity (Wildman–Crippen MR) is 40.7 cm³/mol. The van der Waals surface area contributed by atoms with Gasteiger partial charge < -0.3 is 0 Å². The Labute approximate surface area is 61.3 Å². The molecule has 1 aromatic heterocycles. The summed E-state index contributed by atoms with van der Waals surface area (Å²) in [5, 5.41) is 7.80. The second-order valence-electron chi connectivity index (χ2n) is 3.36. The molecule has 0 unspecified atom stereocenters. The van der Waals surface area contributed by atoms with Crippen LogP contribution in [0.3, 0.4) is 0 Å². The number of hydrogen-bond donors (Lipinski definition) is 0. The Morgan fingerprint density at radius 2 is 2.00 bits per heavy atom. The van der Waals surface area contributed by atoms with E-state index in [1.54, 1.807) is 6.20 Å². The summed E-state index contributed by atoms with van der Waals surface area (Å²) in [6.07, 6.45) is 1.69. The largest absolute Gasteiger partial charge is 0.159 e. The molecule has 0 N–H and O–H groups in total. The van der Waals surface area contributed by atoms with E-state index in [4.69, 9.17) is 0 Å². The zero-order chi connectivity index (χ0) is 7.61. The van der Waals surface area contributed by atoms with Gasteiger partial charge in [-0.05, 0) is 12.1 Å². The van der Waals surface area contributed by atoms with Crippen LogP contribution in [0.2, 0.25) is 0 Å². The molecular formula is C8H12N2. The first-order valence-corrected chi connectivity index (χ1v) is 3.39. The van der Waals surface area contributed by atoms with Crippen molar-refractivity contribution >= 4 is 0 Å². The fraction of sp³-hybridized carbons (Fsp3) is 0.500. The first-order chi connectivity index (χ1) is 4.61. The topological polar surface area (TPSA) is 25.8 Å². The van der Waals surface area contributed by atoms with Crippen molar-refractivity contribution in [3.05, 3.63) is 24.0 Å². The quantitative estimate of drug-likeness (QED) is 0.543. The second-order valence-corrected chi connectivity index (χ2v) is 3.36. The van der Waals surface area contributed by atoms with Gasteiger partial charge in [-0.1, -0.05) is 20.8 Å². The van der Waals surface area contributed by atoms with E-state index in [9.17, 15) is 0 Å². The molecule has 2 heteroatoms. The second kappa shape index (κ2) is 2.37. The van der Waals surface area contributed by atoms with Crippen LogP contribution in [0.5, 0.6) is 0 Å². The highest BCUT2D eigenvalue weighted by molar-refractivity contribution is 5.09. The lowest BCUT2D eigenvalue weighted by Crippen LogP contribution is -2.13. The van der Waals surface area contributed by atoms with Gasteiger partial charge in [-0.2, -0.15) is 10.2 Å². The van der Waals surface area contributed by atoms with Crippen LogP contribution in [0.15, 0.2) is 18.3 Å². The van der Waals surface area contributed by atoms with E-state index in [0.717, 1.165) is 5.69 Å². The fourth-order valence-electron chi connectivity index (χ4n) is 0.702. The molecule has 54 valence electrons. The molecule has 1 rings (SSSR count). The Morgan fingerprint density at radius 3 is 2.30 bits per heavy atom. The molecule has 1 heterocycles. The third kappa shape index (κ3) is 1.53. The lowest BCUT2D eigenvalue weighted by molar-refractivity contribution is 0.558. The van der Waals surface area contributed by atoms with Gasteiger partial charge in [0.05, 0.1) is 5.69 Å². The van der Waals surface area contributed by atoms with Crippen molar-refractivity contribution in [3.63, 3.8) is 0 Å². The summed E-state index contributed by atoms with van der Waals surface area (Å²) in [6, 6.07) is 3.90. The Kier molecular flexibility index (Phi) is 1.70. The normalized spacial score (nSPS) is 11.5. The smallest absolute Gasteiger partial charge is 0.0684 e. The third-order valence-electron chi connectivity index (χ3n) is 1.34. The van der Waals surface area contributed by atoms with Crippen LogP contribution < -0.4 is 0 Å². The molecule has 0 atom stereocenters. The standard InChI is InChI=1S/C8H12N2/c1-8(2,3)7-5-4-6-9-10-7/h4-6H,1-3H3. The average Bonchev–Trinajstić information content (AvgIpc) is 1.88. The van der Waals surface area contributed by atoms with Gasteiger partial charge in [0.15, 0.2) is 0 Å². The van der Waals surface area contributed by atoms with Crippen LogP contribution in [0.4, 0.5) is 0 Å². The summed E-state index contributed by atoms with van der Waals surface area (Å²) < 4.78 is 0. The molecule has 0 aliphatic heterocycles. The highest BCUT2D eigenvalue weighted by Gasteiger charge is 2.14. The van der Waals surface area contributed by atoms with Gasteiger partial charge >= 0.3 is 0 Å². The minimum absolute atomic E-state index is 0.119. The van der Waals surface area contributed by atoms with Crippen LogP contribution in [0.1, 0.15) is 26.5 Å². The third-order valence-corrected chi connectivity index (χ3v) is 1.34. The average molecular weight is 136 g/mol. The molecule has 0 radical (unpaired) electrons. The fourth-order valence-corrected chi connectivity index (χ4v) is 0.702. The van der Waals surface area contributed by atoms with Gasteiger partial charge in [-0.15, -0.1) is 0 Å². The molecule has 0 bridgehead atoms. The molecule has 10 heavy (non-hydrogen) atoms. The zero-order valence-corrected chi connectivity index (χ0v) is 6.63. The Balaban J connectivity index is 2.97. The zero-order valence-electron chi connectivity index (χ0n) is 6.63. The number of rotatable bonds is 0. The van der Waals surface area contributed by atoms with Gasteiger partial charge in [-0.3, -0.25) is 0 Å². The summed E-state index contributed by atoms with van der Waals surface area (Å²) in [5.41, 5.74) is 1.16. The van der Waals surface area contributed by atoms with Gasteiger partial charge in [0.2, 0.25) is 0 Å². The molecule has 0 saturated carbocycles. The monoisotopic (exact) mass is 136 g/mol. The van der Waals surface area contributed by atoms with Gasteiger partial charge in [0.1, 0.15) is 0 Å². The molecule has 1 aromatic rings. The first kappa shape index (κ1) is 7.19. The summed E-state index contributed by atoms with van der Waals surface area (Å²) in [7, 11) is 0. The summed E-state index contributed by atoms with van der Waals surface area (Å²) in [5.74, 6) is 0. The van der Waals surface area contributed by atoms with E-state index in [1.165, 1.54) is 0 Å². The number of aromatic nitrogens is 2. The van der Waals surface area contributed by atoms with Crippen molar-refractivity contribution in [2.45, 2.75) is 26.2 Å². The Morgan fingerprint density at radius 1 is 1.30 bits per heavy atom. The molecule has 2 nitrogen and oxygen atoms in total. The van der Waals surface area contributed by atoms with Crippen molar-refractivity contribution in [2.75, 3.05) is 0 Å². The molecule has 0 aliphatic rings. The van der Waals surface area contributed by atoms with E-state index < -0.39 is 0 Å². The maximum absolute atomic E-state index is 4.00. The van der Waals surface area contributed by atoms with E-state index in [-0.39, 0.29) is 5.41 Å². The number of nitrogens with zero attached hydrogens (tertiary/aromatic N) is 2. The molecule has 0 fully saturated rings. The van der Waals surface area contributed by atoms with Crippen molar-refractivity contribution in [2.24, 2.45) is 0 Å². The highest BCUT2D eigenvalue weighted by atomic mass is 15.1. The molecule has 0 amide bonds. The van der Waals surface area contributed by atoms with E-state index >= 15 is 0 Å². The van der Waals surface area contributed by atoms with E-state index in [2.05, 4.69) is 31.0 Å². The minimum atomic E-state index is 0.119. The molecule has 0 saturated heterocycles. The maximum Gasteiger partial charge on any atom is 0.0684 e. The van der Waals surface area contributed by atoms with Crippen LogP contribution in [0.25, 0.3) is 0 Å². The Bertz CT molecular complexity index is 198. The summed E-state index contributed by atoms with van der Waals surface area (Å²) in [4.78, 5) is 0. The predicted octanol–water partition coefficient (Wildman–Crippen LogP) is 1.77. The van der Waals surface area contributed by atoms with Crippen molar-refractivity contribution in [1.82, 2.24) is 10.2 Å². The molecule has 0 aliphatic carbocycles.